The fourth-order valence-electron chi connectivity index (χ4n) is 3.23. The Hall–Kier alpha value is -4.19. The summed E-state index contributed by atoms with van der Waals surface area (Å²) in [6, 6.07) is 27.6. The zero-order chi connectivity index (χ0) is 22.2. The number of hydrogen-bond donors (Lipinski definition) is 2. The molecule has 4 aromatic rings. The van der Waals surface area contributed by atoms with E-state index in [-0.39, 0.29) is 18.3 Å². The Morgan fingerprint density at radius 3 is 2.59 bits per heavy atom. The van der Waals surface area contributed by atoms with Crippen molar-refractivity contribution in [3.63, 3.8) is 0 Å². The largest absolute Gasteiger partial charge is 0.489 e. The normalized spacial score (nSPS) is 10.9. The molecule has 0 bridgehead atoms. The van der Waals surface area contributed by atoms with Crippen LogP contribution < -0.4 is 15.5 Å². The smallest absolute Gasteiger partial charge is 0.259 e. The molecule has 5 nitrogen and oxygen atoms in total. The average Bonchev–Trinajstić information content (AvgIpc) is 2.83. The third-order valence-corrected chi connectivity index (χ3v) is 4.83. The van der Waals surface area contributed by atoms with Crippen LogP contribution >= 0.6 is 0 Å². The van der Waals surface area contributed by atoms with Crippen molar-refractivity contribution in [2.75, 3.05) is 11.9 Å². The quantitative estimate of drug-likeness (QED) is 0.303. The zero-order valence-electron chi connectivity index (χ0n) is 17.3. The monoisotopic (exact) mass is 427 g/mol. The number of fused-ring (bicyclic) bond motifs is 1. The van der Waals surface area contributed by atoms with Gasteiger partial charge in [-0.3, -0.25) is 4.79 Å². The van der Waals surface area contributed by atoms with Crippen molar-refractivity contribution in [1.82, 2.24) is 5.43 Å². The highest BCUT2D eigenvalue weighted by Gasteiger charge is 2.03. The number of hydrazone groups is 1. The van der Waals surface area contributed by atoms with Crippen LogP contribution in [0, 0.1) is 5.82 Å². The Morgan fingerprint density at radius 2 is 1.72 bits per heavy atom. The van der Waals surface area contributed by atoms with Gasteiger partial charge in [-0.15, -0.1) is 0 Å². The van der Waals surface area contributed by atoms with Crippen molar-refractivity contribution in [2.45, 2.75) is 6.61 Å². The summed E-state index contributed by atoms with van der Waals surface area (Å²) in [5, 5.41) is 9.24. The number of carbonyl (C=O) groups excluding carboxylic acids is 1. The molecule has 32 heavy (non-hydrogen) atoms. The van der Waals surface area contributed by atoms with E-state index in [0.717, 1.165) is 11.1 Å². The summed E-state index contributed by atoms with van der Waals surface area (Å²) in [7, 11) is 0. The van der Waals surface area contributed by atoms with Crippen LogP contribution in [0.25, 0.3) is 10.8 Å². The average molecular weight is 427 g/mol. The van der Waals surface area contributed by atoms with Gasteiger partial charge in [0.2, 0.25) is 0 Å². The van der Waals surface area contributed by atoms with E-state index >= 15 is 0 Å². The van der Waals surface area contributed by atoms with Gasteiger partial charge < -0.3 is 10.1 Å². The van der Waals surface area contributed by atoms with Crippen molar-refractivity contribution in [1.29, 1.82) is 0 Å². The lowest BCUT2D eigenvalue weighted by Crippen LogP contribution is -2.25. The number of rotatable bonds is 8. The van der Waals surface area contributed by atoms with Gasteiger partial charge in [-0.05, 0) is 58.3 Å². The molecule has 0 unspecified atom stereocenters. The van der Waals surface area contributed by atoms with Gasteiger partial charge in [0.15, 0.2) is 0 Å². The number of benzene rings is 4. The molecule has 0 spiro atoms. The first-order chi connectivity index (χ1) is 15.7. The second-order valence-electron chi connectivity index (χ2n) is 7.15. The fourth-order valence-corrected chi connectivity index (χ4v) is 3.23. The first-order valence-corrected chi connectivity index (χ1v) is 10.2. The summed E-state index contributed by atoms with van der Waals surface area (Å²) in [6.07, 6.45) is 1.56. The molecule has 0 aliphatic rings. The minimum absolute atomic E-state index is 0.0250. The second-order valence-corrected chi connectivity index (χ2v) is 7.15. The van der Waals surface area contributed by atoms with Gasteiger partial charge in [-0.2, -0.15) is 5.10 Å². The number of hydrogen-bond acceptors (Lipinski definition) is 4. The molecule has 0 aromatic heterocycles. The molecule has 0 radical (unpaired) electrons. The lowest BCUT2D eigenvalue weighted by atomic mass is 10.1. The number of nitrogens with zero attached hydrogens (tertiary/aromatic N) is 1. The van der Waals surface area contributed by atoms with Crippen molar-refractivity contribution in [3.8, 4) is 5.75 Å². The minimum atomic E-state index is -0.326. The summed E-state index contributed by atoms with van der Waals surface area (Å²) in [5.74, 6) is 0.0769. The van der Waals surface area contributed by atoms with E-state index in [1.807, 2.05) is 42.5 Å². The molecule has 2 N–H and O–H groups in total. The van der Waals surface area contributed by atoms with Crippen LogP contribution in [0.5, 0.6) is 5.75 Å². The van der Waals surface area contributed by atoms with Crippen molar-refractivity contribution in [3.05, 3.63) is 108 Å². The van der Waals surface area contributed by atoms with Gasteiger partial charge in [-0.1, -0.05) is 54.6 Å². The molecular formula is C26H22FN3O2. The van der Waals surface area contributed by atoms with E-state index in [1.54, 1.807) is 18.3 Å². The number of carbonyl (C=O) groups is 1. The van der Waals surface area contributed by atoms with Gasteiger partial charge >= 0.3 is 0 Å². The summed E-state index contributed by atoms with van der Waals surface area (Å²) in [5.41, 5.74) is 5.03. The molecule has 0 fully saturated rings. The van der Waals surface area contributed by atoms with Crippen LogP contribution in [0.3, 0.4) is 0 Å². The standard InChI is InChI=1S/C26H22FN3O2/c27-22-11-13-23(14-12-22)28-17-26(31)30-29-16-19-5-3-9-24(15-19)32-18-21-8-4-7-20-6-1-2-10-25(20)21/h1-16,28H,17-18H2,(H,30,31)/b29-16-. The number of nitrogens with one attached hydrogen (secondary N) is 2. The molecule has 0 atom stereocenters. The van der Waals surface area contributed by atoms with Gasteiger partial charge in [0.1, 0.15) is 18.2 Å². The molecule has 160 valence electrons. The van der Waals surface area contributed by atoms with Crippen LogP contribution in [0.15, 0.2) is 96.1 Å². The van der Waals surface area contributed by atoms with Crippen molar-refractivity contribution < 1.29 is 13.9 Å². The Kier molecular flexibility index (Phi) is 6.72. The van der Waals surface area contributed by atoms with Gasteiger partial charge in [0.25, 0.3) is 5.91 Å². The van der Waals surface area contributed by atoms with Gasteiger partial charge in [0, 0.05) is 5.69 Å². The van der Waals surface area contributed by atoms with E-state index in [2.05, 4.69) is 40.1 Å². The molecule has 0 saturated heterocycles. The zero-order valence-corrected chi connectivity index (χ0v) is 17.3. The molecule has 0 saturated carbocycles. The Balaban J connectivity index is 1.30. The van der Waals surface area contributed by atoms with E-state index in [9.17, 15) is 9.18 Å². The maximum atomic E-state index is 12.9. The summed E-state index contributed by atoms with van der Waals surface area (Å²) in [4.78, 5) is 11.9. The number of amides is 1. The van der Waals surface area contributed by atoms with E-state index in [1.165, 1.54) is 22.9 Å². The lowest BCUT2D eigenvalue weighted by Gasteiger charge is -2.09. The number of halogens is 1. The highest BCUT2D eigenvalue weighted by Crippen LogP contribution is 2.21. The molecule has 0 aliphatic heterocycles. The Labute approximate surface area is 185 Å². The molecule has 0 heterocycles. The van der Waals surface area contributed by atoms with Crippen LogP contribution in [0.1, 0.15) is 11.1 Å². The van der Waals surface area contributed by atoms with Crippen LogP contribution in [-0.4, -0.2) is 18.7 Å². The molecule has 1 amide bonds. The SMILES string of the molecule is O=C(CNc1ccc(F)cc1)N/N=C\c1cccc(OCc2cccc3ccccc23)c1. The molecular weight excluding hydrogens is 405 g/mol. The van der Waals surface area contributed by atoms with Crippen LogP contribution in [-0.2, 0) is 11.4 Å². The summed E-state index contributed by atoms with van der Waals surface area (Å²) in [6.45, 7) is 0.477. The molecule has 6 heteroatoms. The molecule has 4 rings (SSSR count). The highest BCUT2D eigenvalue weighted by molar-refractivity contribution is 5.86. The second kappa shape index (κ2) is 10.2. The van der Waals surface area contributed by atoms with Crippen LogP contribution in [0.2, 0.25) is 0 Å². The topological polar surface area (TPSA) is 62.7 Å². The Bertz CT molecular complexity index is 1230. The summed E-state index contributed by atoms with van der Waals surface area (Å²) >= 11 is 0. The maximum absolute atomic E-state index is 12.9. The van der Waals surface area contributed by atoms with Gasteiger partial charge in [0.05, 0.1) is 12.8 Å². The van der Waals surface area contributed by atoms with Gasteiger partial charge in [-0.25, -0.2) is 9.82 Å². The first-order valence-electron chi connectivity index (χ1n) is 10.2. The first kappa shape index (κ1) is 21.1. The third kappa shape index (κ3) is 5.70. The van der Waals surface area contributed by atoms with E-state index < -0.39 is 0 Å². The predicted octanol–water partition coefficient (Wildman–Crippen LogP) is 5.12. The molecule has 0 aliphatic carbocycles. The minimum Gasteiger partial charge on any atom is -0.489 e. The number of anilines is 1. The van der Waals surface area contributed by atoms with Crippen molar-refractivity contribution in [2.24, 2.45) is 5.10 Å². The predicted molar refractivity (Wildman–Crippen MR) is 125 cm³/mol. The summed E-state index contributed by atoms with van der Waals surface area (Å²) < 4.78 is 18.9. The number of ether oxygens (including phenoxy) is 1. The Morgan fingerprint density at radius 1 is 0.938 bits per heavy atom. The third-order valence-electron chi connectivity index (χ3n) is 4.83. The fraction of sp³-hybridized carbons (Fsp3) is 0.0769. The molecule has 4 aromatic carbocycles. The lowest BCUT2D eigenvalue weighted by molar-refractivity contribution is -0.119. The van der Waals surface area contributed by atoms with Crippen LogP contribution in [0.4, 0.5) is 10.1 Å². The van der Waals surface area contributed by atoms with E-state index in [0.29, 0.717) is 18.0 Å². The van der Waals surface area contributed by atoms with E-state index in [4.69, 9.17) is 4.74 Å². The van der Waals surface area contributed by atoms with Crippen molar-refractivity contribution >= 4 is 28.6 Å². The highest BCUT2D eigenvalue weighted by atomic mass is 19.1. The maximum Gasteiger partial charge on any atom is 0.259 e.